The molecular formula is C24H27N3O3S. The normalized spacial score (nSPS) is 14.4. The predicted octanol–water partition coefficient (Wildman–Crippen LogP) is 5.12. The van der Waals surface area contributed by atoms with E-state index in [-0.39, 0.29) is 24.4 Å². The molecule has 0 saturated heterocycles. The number of nitrogens with zero attached hydrogens (tertiary/aromatic N) is 3. The van der Waals surface area contributed by atoms with Crippen LogP contribution in [0.25, 0.3) is 5.69 Å². The molecule has 1 aliphatic rings. The predicted molar refractivity (Wildman–Crippen MR) is 121 cm³/mol. The lowest BCUT2D eigenvalue weighted by atomic mass is 9.98. The van der Waals surface area contributed by atoms with Crippen LogP contribution in [0.2, 0.25) is 0 Å². The van der Waals surface area contributed by atoms with Crippen molar-refractivity contribution in [2.45, 2.75) is 56.9 Å². The fourth-order valence-electron chi connectivity index (χ4n) is 3.70. The Kier molecular flexibility index (Phi) is 7.25. The first-order valence-corrected chi connectivity index (χ1v) is 11.7. The Morgan fingerprint density at radius 2 is 1.87 bits per heavy atom. The molecule has 162 valence electrons. The smallest absolute Gasteiger partial charge is 0.316 e. The van der Waals surface area contributed by atoms with Crippen LogP contribution in [0.5, 0.6) is 5.75 Å². The summed E-state index contributed by atoms with van der Waals surface area (Å²) >= 11 is 1.34. The van der Waals surface area contributed by atoms with E-state index in [0.717, 1.165) is 42.7 Å². The Morgan fingerprint density at radius 1 is 1.06 bits per heavy atom. The first kappa shape index (κ1) is 21.4. The minimum Gasteiger partial charge on any atom is -0.486 e. The largest absolute Gasteiger partial charge is 0.486 e. The standard InChI is InChI=1S/C24H27N3O3S/c1-18-9-8-14-21(15-18)29-16-22-25-26-24(27(22)19-10-4-2-5-11-19)31-17-23(28)30-20-12-6-3-7-13-20/h2,4-5,8-11,14-15,20H,3,6-7,12-13,16-17H2,1H3. The van der Waals surface area contributed by atoms with Crippen molar-refractivity contribution in [1.82, 2.24) is 14.8 Å². The van der Waals surface area contributed by atoms with Gasteiger partial charge in [0, 0.05) is 5.69 Å². The molecule has 1 saturated carbocycles. The molecule has 0 bridgehead atoms. The van der Waals surface area contributed by atoms with Crippen molar-refractivity contribution < 1.29 is 14.3 Å². The van der Waals surface area contributed by atoms with Gasteiger partial charge in [-0.05, 0) is 62.4 Å². The molecule has 1 aliphatic carbocycles. The molecule has 31 heavy (non-hydrogen) atoms. The van der Waals surface area contributed by atoms with Gasteiger partial charge in [0.2, 0.25) is 0 Å². The summed E-state index contributed by atoms with van der Waals surface area (Å²) in [6.45, 7) is 2.30. The zero-order valence-electron chi connectivity index (χ0n) is 17.7. The molecule has 0 atom stereocenters. The first-order valence-electron chi connectivity index (χ1n) is 10.7. The van der Waals surface area contributed by atoms with Crippen LogP contribution in [0.1, 0.15) is 43.5 Å². The van der Waals surface area contributed by atoms with E-state index in [9.17, 15) is 4.79 Å². The number of ether oxygens (including phenoxy) is 2. The van der Waals surface area contributed by atoms with Gasteiger partial charge in [-0.3, -0.25) is 9.36 Å². The van der Waals surface area contributed by atoms with E-state index in [1.807, 2.05) is 66.1 Å². The van der Waals surface area contributed by atoms with Crippen molar-refractivity contribution >= 4 is 17.7 Å². The molecule has 4 rings (SSSR count). The van der Waals surface area contributed by atoms with Gasteiger partial charge in [0.1, 0.15) is 18.5 Å². The molecule has 0 radical (unpaired) electrons. The number of benzene rings is 2. The summed E-state index contributed by atoms with van der Waals surface area (Å²) in [4.78, 5) is 12.4. The molecule has 0 aliphatic heterocycles. The second-order valence-corrected chi connectivity index (χ2v) is 8.66. The minimum absolute atomic E-state index is 0.0622. The molecule has 1 fully saturated rings. The fraction of sp³-hybridized carbons (Fsp3) is 0.375. The average molecular weight is 438 g/mol. The van der Waals surface area contributed by atoms with Gasteiger partial charge in [-0.1, -0.05) is 48.5 Å². The summed E-state index contributed by atoms with van der Waals surface area (Å²) in [7, 11) is 0. The number of carbonyl (C=O) groups is 1. The molecule has 2 aromatic carbocycles. The first-order chi connectivity index (χ1) is 15.2. The highest BCUT2D eigenvalue weighted by Gasteiger charge is 2.20. The lowest BCUT2D eigenvalue weighted by Crippen LogP contribution is -2.22. The lowest BCUT2D eigenvalue weighted by molar-refractivity contribution is -0.147. The zero-order valence-corrected chi connectivity index (χ0v) is 18.5. The number of aromatic nitrogens is 3. The van der Waals surface area contributed by atoms with Gasteiger partial charge < -0.3 is 9.47 Å². The van der Waals surface area contributed by atoms with E-state index in [2.05, 4.69) is 10.2 Å². The average Bonchev–Trinajstić information content (AvgIpc) is 3.20. The van der Waals surface area contributed by atoms with E-state index in [4.69, 9.17) is 9.47 Å². The van der Waals surface area contributed by atoms with Crippen molar-refractivity contribution in [2.75, 3.05) is 5.75 Å². The number of aryl methyl sites for hydroxylation is 1. The van der Waals surface area contributed by atoms with Crippen molar-refractivity contribution in [3.63, 3.8) is 0 Å². The number of esters is 1. The van der Waals surface area contributed by atoms with Gasteiger partial charge in [0.25, 0.3) is 0 Å². The Morgan fingerprint density at radius 3 is 2.65 bits per heavy atom. The third kappa shape index (κ3) is 5.88. The van der Waals surface area contributed by atoms with Gasteiger partial charge in [-0.15, -0.1) is 10.2 Å². The number of para-hydroxylation sites is 1. The van der Waals surface area contributed by atoms with Crippen LogP contribution in [0.3, 0.4) is 0 Å². The maximum atomic E-state index is 12.4. The van der Waals surface area contributed by atoms with Crippen LogP contribution < -0.4 is 4.74 Å². The van der Waals surface area contributed by atoms with Crippen molar-refractivity contribution in [3.8, 4) is 11.4 Å². The molecule has 7 heteroatoms. The second-order valence-electron chi connectivity index (χ2n) is 7.71. The third-order valence-corrected chi connectivity index (χ3v) is 6.14. The maximum Gasteiger partial charge on any atom is 0.316 e. The van der Waals surface area contributed by atoms with Gasteiger partial charge in [0.05, 0.1) is 5.75 Å². The summed E-state index contributed by atoms with van der Waals surface area (Å²) in [5.41, 5.74) is 2.06. The molecule has 3 aromatic rings. The number of thioether (sulfide) groups is 1. The summed E-state index contributed by atoms with van der Waals surface area (Å²) in [5.74, 6) is 1.47. The van der Waals surface area contributed by atoms with Gasteiger partial charge in [0.15, 0.2) is 11.0 Å². The second kappa shape index (κ2) is 10.5. The summed E-state index contributed by atoms with van der Waals surface area (Å²) in [6, 6.07) is 17.8. The fourth-order valence-corrected chi connectivity index (χ4v) is 4.46. The van der Waals surface area contributed by atoms with Gasteiger partial charge >= 0.3 is 5.97 Å². The molecule has 0 N–H and O–H groups in total. The highest BCUT2D eigenvalue weighted by Crippen LogP contribution is 2.25. The lowest BCUT2D eigenvalue weighted by Gasteiger charge is -2.21. The summed E-state index contributed by atoms with van der Waals surface area (Å²) in [5, 5.41) is 9.32. The Hall–Kier alpha value is -2.80. The van der Waals surface area contributed by atoms with Crippen LogP contribution in [-0.4, -0.2) is 32.6 Å². The van der Waals surface area contributed by atoms with E-state index < -0.39 is 0 Å². The summed E-state index contributed by atoms with van der Waals surface area (Å²) in [6.07, 6.45) is 5.51. The highest BCUT2D eigenvalue weighted by molar-refractivity contribution is 7.99. The maximum absolute atomic E-state index is 12.4. The molecule has 0 spiro atoms. The number of carbonyl (C=O) groups excluding carboxylic acids is 1. The molecule has 1 heterocycles. The van der Waals surface area contributed by atoms with Crippen molar-refractivity contribution in [3.05, 3.63) is 66.0 Å². The highest BCUT2D eigenvalue weighted by atomic mass is 32.2. The third-order valence-electron chi connectivity index (χ3n) is 5.24. The van der Waals surface area contributed by atoms with Gasteiger partial charge in [-0.25, -0.2) is 0 Å². The van der Waals surface area contributed by atoms with Crippen LogP contribution in [-0.2, 0) is 16.1 Å². The Balaban J connectivity index is 1.46. The molecule has 1 aromatic heterocycles. The quantitative estimate of drug-likeness (QED) is 0.360. The van der Waals surface area contributed by atoms with Crippen LogP contribution >= 0.6 is 11.8 Å². The van der Waals surface area contributed by atoms with Crippen molar-refractivity contribution in [2.24, 2.45) is 0 Å². The van der Waals surface area contributed by atoms with Gasteiger partial charge in [-0.2, -0.15) is 0 Å². The summed E-state index contributed by atoms with van der Waals surface area (Å²) < 4.78 is 13.5. The van der Waals surface area contributed by atoms with Crippen LogP contribution in [0.4, 0.5) is 0 Å². The van der Waals surface area contributed by atoms with Crippen LogP contribution in [0, 0.1) is 6.92 Å². The molecular weight excluding hydrogens is 410 g/mol. The molecule has 6 nitrogen and oxygen atoms in total. The van der Waals surface area contributed by atoms with Crippen LogP contribution in [0.15, 0.2) is 59.8 Å². The minimum atomic E-state index is -0.197. The SMILES string of the molecule is Cc1cccc(OCc2nnc(SCC(=O)OC3CCCCC3)n2-c2ccccc2)c1. The topological polar surface area (TPSA) is 66.2 Å². The van der Waals surface area contributed by atoms with E-state index >= 15 is 0 Å². The number of rotatable bonds is 8. The Bertz CT molecular complexity index is 1000. The molecule has 0 unspecified atom stereocenters. The van der Waals surface area contributed by atoms with E-state index in [1.54, 1.807) is 0 Å². The Labute approximate surface area is 187 Å². The zero-order chi connectivity index (χ0) is 21.5. The number of hydrogen-bond acceptors (Lipinski definition) is 6. The van der Waals surface area contributed by atoms with Crippen molar-refractivity contribution in [1.29, 1.82) is 0 Å². The van der Waals surface area contributed by atoms with E-state index in [0.29, 0.717) is 11.0 Å². The number of hydrogen-bond donors (Lipinski definition) is 0. The molecule has 0 amide bonds. The van der Waals surface area contributed by atoms with E-state index in [1.165, 1.54) is 18.2 Å². The monoisotopic (exact) mass is 437 g/mol.